The van der Waals surface area contributed by atoms with Crippen molar-refractivity contribution in [3.63, 3.8) is 0 Å². The van der Waals surface area contributed by atoms with Gasteiger partial charge in [-0.15, -0.1) is 0 Å². The zero-order valence-corrected chi connectivity index (χ0v) is 22.3. The molecule has 0 aromatic heterocycles. The maximum atomic E-state index is 13.3. The number of nitrogens with one attached hydrogen (secondary N) is 1. The van der Waals surface area contributed by atoms with Crippen LogP contribution in [0.1, 0.15) is 31.9 Å². The molecule has 0 aliphatic heterocycles. The molecule has 0 fully saturated rings. The minimum Gasteiger partial charge on any atom is -0.354 e. The molecule has 1 N–H and O–H groups in total. The van der Waals surface area contributed by atoms with Crippen LogP contribution in [0.4, 0.5) is 0 Å². The lowest BCUT2D eigenvalue weighted by Gasteiger charge is -2.30. The molecule has 0 radical (unpaired) electrons. The summed E-state index contributed by atoms with van der Waals surface area (Å²) in [4.78, 5) is 27.5. The van der Waals surface area contributed by atoms with Gasteiger partial charge in [-0.25, -0.2) is 8.42 Å². The predicted octanol–water partition coefficient (Wildman–Crippen LogP) is 4.11. The monoisotopic (exact) mass is 527 g/mol. The largest absolute Gasteiger partial charge is 0.354 e. The van der Waals surface area contributed by atoms with E-state index in [9.17, 15) is 18.0 Å². The summed E-state index contributed by atoms with van der Waals surface area (Å²) in [5, 5.41) is 3.52. The SMILES string of the molecule is Cc1ccc(S(=O)(=O)N(C)CC(=O)N(Cc2ccc(Cl)c(Cl)c2)[C@H](C)C(=O)NCC(C)C)cc1. The van der Waals surface area contributed by atoms with Gasteiger partial charge in [0.1, 0.15) is 6.04 Å². The summed E-state index contributed by atoms with van der Waals surface area (Å²) < 4.78 is 26.9. The second kappa shape index (κ2) is 12.0. The number of aryl methyl sites for hydroxylation is 1. The third-order valence-electron chi connectivity index (χ3n) is 5.28. The van der Waals surface area contributed by atoms with E-state index in [2.05, 4.69) is 5.32 Å². The van der Waals surface area contributed by atoms with Gasteiger partial charge >= 0.3 is 0 Å². The highest BCUT2D eigenvalue weighted by Gasteiger charge is 2.30. The highest BCUT2D eigenvalue weighted by Crippen LogP contribution is 2.24. The summed E-state index contributed by atoms with van der Waals surface area (Å²) in [6.07, 6.45) is 0. The normalized spacial score (nSPS) is 12.6. The number of hydrogen-bond acceptors (Lipinski definition) is 4. The van der Waals surface area contributed by atoms with Crippen LogP contribution in [0.15, 0.2) is 47.4 Å². The van der Waals surface area contributed by atoms with E-state index in [4.69, 9.17) is 23.2 Å². The van der Waals surface area contributed by atoms with Crippen LogP contribution in [0.25, 0.3) is 0 Å². The summed E-state index contributed by atoms with van der Waals surface area (Å²) in [5.74, 6) is -0.608. The van der Waals surface area contributed by atoms with Crippen molar-refractivity contribution in [2.75, 3.05) is 20.1 Å². The van der Waals surface area contributed by atoms with Gasteiger partial charge in [0.15, 0.2) is 0 Å². The summed E-state index contributed by atoms with van der Waals surface area (Å²) in [6.45, 7) is 7.49. The number of likely N-dealkylation sites (N-methyl/N-ethyl adjacent to an activating group) is 1. The molecule has 34 heavy (non-hydrogen) atoms. The van der Waals surface area contributed by atoms with Crippen molar-refractivity contribution in [3.8, 4) is 0 Å². The molecule has 2 aromatic rings. The van der Waals surface area contributed by atoms with Crippen LogP contribution < -0.4 is 5.32 Å². The Morgan fingerprint density at radius 2 is 1.62 bits per heavy atom. The number of carbonyl (C=O) groups excluding carboxylic acids is 2. The van der Waals surface area contributed by atoms with Crippen molar-refractivity contribution >= 4 is 45.0 Å². The van der Waals surface area contributed by atoms with Gasteiger partial charge in [-0.2, -0.15) is 4.31 Å². The van der Waals surface area contributed by atoms with Gasteiger partial charge < -0.3 is 10.2 Å². The minimum absolute atomic E-state index is 0.0599. The maximum absolute atomic E-state index is 13.3. The molecule has 2 amide bonds. The van der Waals surface area contributed by atoms with Crippen LogP contribution in [0, 0.1) is 12.8 Å². The average Bonchev–Trinajstić information content (AvgIpc) is 2.77. The van der Waals surface area contributed by atoms with Crippen molar-refractivity contribution in [1.29, 1.82) is 0 Å². The molecule has 10 heteroatoms. The van der Waals surface area contributed by atoms with E-state index in [-0.39, 0.29) is 23.3 Å². The fourth-order valence-electron chi connectivity index (χ4n) is 3.13. The molecule has 0 bridgehead atoms. The fourth-order valence-corrected chi connectivity index (χ4v) is 4.57. The van der Waals surface area contributed by atoms with Crippen LogP contribution in [-0.2, 0) is 26.2 Å². The number of hydrogen-bond donors (Lipinski definition) is 1. The Morgan fingerprint density at radius 3 is 2.18 bits per heavy atom. The maximum Gasteiger partial charge on any atom is 0.243 e. The third-order valence-corrected chi connectivity index (χ3v) is 7.83. The van der Waals surface area contributed by atoms with E-state index in [1.54, 1.807) is 37.3 Å². The lowest BCUT2D eigenvalue weighted by Crippen LogP contribution is -2.51. The van der Waals surface area contributed by atoms with Crippen molar-refractivity contribution in [2.45, 2.75) is 45.2 Å². The second-order valence-corrected chi connectivity index (χ2v) is 11.5. The molecule has 186 valence electrons. The first-order valence-electron chi connectivity index (χ1n) is 10.9. The predicted molar refractivity (Wildman–Crippen MR) is 135 cm³/mol. The molecular formula is C24H31Cl2N3O4S. The van der Waals surface area contributed by atoms with Gasteiger partial charge in [0, 0.05) is 20.1 Å². The Kier molecular flexibility index (Phi) is 9.94. The minimum atomic E-state index is -3.89. The highest BCUT2D eigenvalue weighted by molar-refractivity contribution is 7.89. The highest BCUT2D eigenvalue weighted by atomic mass is 35.5. The zero-order valence-electron chi connectivity index (χ0n) is 20.0. The molecular weight excluding hydrogens is 497 g/mol. The van der Waals surface area contributed by atoms with Crippen molar-refractivity contribution < 1.29 is 18.0 Å². The number of benzene rings is 2. The zero-order chi connectivity index (χ0) is 25.6. The molecule has 0 saturated carbocycles. The molecule has 0 aliphatic rings. The molecule has 7 nitrogen and oxygen atoms in total. The number of sulfonamides is 1. The number of carbonyl (C=O) groups is 2. The van der Waals surface area contributed by atoms with E-state index in [0.717, 1.165) is 9.87 Å². The molecule has 2 aromatic carbocycles. The van der Waals surface area contributed by atoms with Gasteiger partial charge in [-0.1, -0.05) is 60.8 Å². The van der Waals surface area contributed by atoms with Crippen LogP contribution >= 0.6 is 23.2 Å². The van der Waals surface area contributed by atoms with Crippen molar-refractivity contribution in [3.05, 3.63) is 63.6 Å². The van der Waals surface area contributed by atoms with E-state index in [1.165, 1.54) is 24.1 Å². The Bertz CT molecular complexity index is 1120. The summed E-state index contributed by atoms with van der Waals surface area (Å²) in [7, 11) is -2.55. The second-order valence-electron chi connectivity index (χ2n) is 8.66. The topological polar surface area (TPSA) is 86.8 Å². The van der Waals surface area contributed by atoms with Gasteiger partial charge in [-0.3, -0.25) is 9.59 Å². The van der Waals surface area contributed by atoms with E-state index >= 15 is 0 Å². The fraction of sp³-hybridized carbons (Fsp3) is 0.417. The van der Waals surface area contributed by atoms with E-state index in [0.29, 0.717) is 22.2 Å². The van der Waals surface area contributed by atoms with Gasteiger partial charge in [0.05, 0.1) is 21.5 Å². The van der Waals surface area contributed by atoms with Gasteiger partial charge in [0.25, 0.3) is 0 Å². The first-order valence-corrected chi connectivity index (χ1v) is 13.1. The number of rotatable bonds is 10. The third kappa shape index (κ3) is 7.43. The lowest BCUT2D eigenvalue weighted by molar-refractivity contribution is -0.140. The molecule has 0 saturated heterocycles. The molecule has 0 heterocycles. The van der Waals surface area contributed by atoms with Crippen molar-refractivity contribution in [2.24, 2.45) is 5.92 Å². The van der Waals surface area contributed by atoms with Crippen LogP contribution in [-0.4, -0.2) is 55.6 Å². The van der Waals surface area contributed by atoms with E-state index < -0.39 is 28.5 Å². The van der Waals surface area contributed by atoms with Crippen molar-refractivity contribution in [1.82, 2.24) is 14.5 Å². The lowest BCUT2D eigenvalue weighted by atomic mass is 10.1. The van der Waals surface area contributed by atoms with Crippen LogP contribution in [0.2, 0.25) is 10.0 Å². The molecule has 0 aliphatic carbocycles. The van der Waals surface area contributed by atoms with Crippen LogP contribution in [0.3, 0.4) is 0 Å². The van der Waals surface area contributed by atoms with E-state index in [1.807, 2.05) is 20.8 Å². The molecule has 1 atom stereocenters. The molecule has 2 rings (SSSR count). The first kappa shape index (κ1) is 28.1. The van der Waals surface area contributed by atoms with Crippen LogP contribution in [0.5, 0.6) is 0 Å². The van der Waals surface area contributed by atoms with Gasteiger partial charge in [-0.05, 0) is 49.6 Å². The number of amides is 2. The number of nitrogens with zero attached hydrogens (tertiary/aromatic N) is 2. The molecule has 0 spiro atoms. The Morgan fingerprint density at radius 1 is 1.00 bits per heavy atom. The quantitative estimate of drug-likeness (QED) is 0.503. The Balaban J connectivity index is 2.28. The smallest absolute Gasteiger partial charge is 0.243 e. The van der Waals surface area contributed by atoms with Gasteiger partial charge in [0.2, 0.25) is 21.8 Å². The Hall–Kier alpha value is -2.13. The summed E-state index contributed by atoms with van der Waals surface area (Å²) in [5.41, 5.74) is 1.59. The number of halogens is 2. The Labute approximate surface area is 212 Å². The summed E-state index contributed by atoms with van der Waals surface area (Å²) >= 11 is 12.1. The first-order chi connectivity index (χ1) is 15.8. The molecule has 0 unspecified atom stereocenters. The standard InChI is InChI=1S/C24H31Cl2N3O4S/c1-16(2)13-27-24(31)18(4)29(14-19-8-11-21(25)22(26)12-19)23(30)15-28(5)34(32,33)20-9-6-17(3)7-10-20/h6-12,16,18H,13-15H2,1-5H3,(H,27,31)/t18-/m1/s1. The summed E-state index contributed by atoms with van der Waals surface area (Å²) in [6, 6.07) is 10.5. The average molecular weight is 529 g/mol.